The lowest BCUT2D eigenvalue weighted by atomic mass is 10.3. The molecule has 0 atom stereocenters. The average Bonchev–Trinajstić information content (AvgIpc) is 3.05. The number of alkyl halides is 1. The van der Waals surface area contributed by atoms with Crippen LogP contribution < -0.4 is 0 Å². The third-order valence-electron chi connectivity index (χ3n) is 2.86. The van der Waals surface area contributed by atoms with Crippen molar-refractivity contribution in [2.45, 2.75) is 39.2 Å². The first-order valence-corrected chi connectivity index (χ1v) is 7.15. The van der Waals surface area contributed by atoms with E-state index in [1.54, 1.807) is 16.3 Å². The first-order valence-electron chi connectivity index (χ1n) is 6.62. The Labute approximate surface area is 127 Å². The summed E-state index contributed by atoms with van der Waals surface area (Å²) < 4.78 is 8.26. The molecule has 0 unspecified atom stereocenters. The van der Waals surface area contributed by atoms with Gasteiger partial charge in [0.2, 0.25) is 0 Å². The van der Waals surface area contributed by atoms with Crippen LogP contribution in [0.4, 0.5) is 0 Å². The van der Waals surface area contributed by atoms with Crippen LogP contribution in [0.1, 0.15) is 48.8 Å². The summed E-state index contributed by atoms with van der Waals surface area (Å²) in [6.45, 7) is 6.35. The van der Waals surface area contributed by atoms with E-state index in [0.717, 1.165) is 5.82 Å². The molecule has 0 fully saturated rings. The van der Waals surface area contributed by atoms with Crippen molar-refractivity contribution in [3.05, 3.63) is 23.5 Å². The number of hydrogen-bond acceptors (Lipinski definition) is 6. The molecule has 2 aromatic rings. The SMILES string of the molecule is CCOC(=O)c1nnn(Cc2ncnn2C(C)C)c1CCl. The fourth-order valence-electron chi connectivity index (χ4n) is 1.90. The molecule has 0 aliphatic carbocycles. The van der Waals surface area contributed by atoms with Crippen LogP contribution in [0.2, 0.25) is 0 Å². The zero-order valence-electron chi connectivity index (χ0n) is 12.2. The molecule has 0 N–H and O–H groups in total. The van der Waals surface area contributed by atoms with Crippen molar-refractivity contribution in [3.63, 3.8) is 0 Å². The van der Waals surface area contributed by atoms with E-state index in [0.29, 0.717) is 12.2 Å². The normalized spacial score (nSPS) is 11.1. The van der Waals surface area contributed by atoms with Gasteiger partial charge in [0.05, 0.1) is 18.2 Å². The number of hydrogen-bond donors (Lipinski definition) is 0. The highest BCUT2D eigenvalue weighted by Gasteiger charge is 2.21. The Kier molecular flexibility index (Phi) is 4.89. The monoisotopic (exact) mass is 312 g/mol. The quantitative estimate of drug-likeness (QED) is 0.592. The molecule has 0 spiro atoms. The molecular formula is C12H17ClN6O2. The van der Waals surface area contributed by atoms with Gasteiger partial charge in [0.25, 0.3) is 0 Å². The van der Waals surface area contributed by atoms with Gasteiger partial charge in [-0.25, -0.2) is 19.1 Å². The lowest BCUT2D eigenvalue weighted by Gasteiger charge is -2.10. The summed E-state index contributed by atoms with van der Waals surface area (Å²) in [5.74, 6) is 0.304. The van der Waals surface area contributed by atoms with Crippen LogP contribution in [0.5, 0.6) is 0 Å². The number of carbonyl (C=O) groups excluding carboxylic acids is 1. The first kappa shape index (κ1) is 15.4. The lowest BCUT2D eigenvalue weighted by molar-refractivity contribution is 0.0518. The molecule has 0 saturated heterocycles. The van der Waals surface area contributed by atoms with Crippen LogP contribution in [-0.4, -0.2) is 42.3 Å². The van der Waals surface area contributed by atoms with E-state index in [-0.39, 0.29) is 24.2 Å². The summed E-state index contributed by atoms with van der Waals surface area (Å²) in [4.78, 5) is 16.0. The number of carbonyl (C=O) groups is 1. The van der Waals surface area contributed by atoms with Gasteiger partial charge in [0.1, 0.15) is 18.7 Å². The van der Waals surface area contributed by atoms with Gasteiger partial charge >= 0.3 is 5.97 Å². The molecule has 8 nitrogen and oxygen atoms in total. The minimum absolute atomic E-state index is 0.108. The number of esters is 1. The third-order valence-corrected chi connectivity index (χ3v) is 3.11. The average molecular weight is 313 g/mol. The molecule has 2 aromatic heterocycles. The molecule has 0 bridgehead atoms. The maximum absolute atomic E-state index is 11.8. The van der Waals surface area contributed by atoms with Crippen molar-refractivity contribution < 1.29 is 9.53 Å². The predicted octanol–water partition coefficient (Wildman–Crippen LogP) is 1.41. The van der Waals surface area contributed by atoms with Crippen molar-refractivity contribution in [1.29, 1.82) is 0 Å². The number of nitrogens with zero attached hydrogens (tertiary/aromatic N) is 6. The maximum atomic E-state index is 11.8. The Morgan fingerprint density at radius 1 is 1.48 bits per heavy atom. The van der Waals surface area contributed by atoms with Crippen LogP contribution in [0.3, 0.4) is 0 Å². The predicted molar refractivity (Wildman–Crippen MR) is 75.0 cm³/mol. The van der Waals surface area contributed by atoms with Crippen LogP contribution >= 0.6 is 11.6 Å². The molecule has 0 amide bonds. The second-order valence-electron chi connectivity index (χ2n) is 4.61. The van der Waals surface area contributed by atoms with E-state index in [4.69, 9.17) is 16.3 Å². The van der Waals surface area contributed by atoms with Gasteiger partial charge in [-0.15, -0.1) is 16.7 Å². The minimum Gasteiger partial charge on any atom is -0.461 e. The molecule has 0 radical (unpaired) electrons. The Morgan fingerprint density at radius 3 is 2.86 bits per heavy atom. The van der Waals surface area contributed by atoms with Crippen molar-refractivity contribution >= 4 is 17.6 Å². The lowest BCUT2D eigenvalue weighted by Crippen LogP contribution is -2.15. The third kappa shape index (κ3) is 3.21. The van der Waals surface area contributed by atoms with Crippen molar-refractivity contribution in [1.82, 2.24) is 29.8 Å². The number of ether oxygens (including phenoxy) is 1. The van der Waals surface area contributed by atoms with Gasteiger partial charge in [-0.2, -0.15) is 5.10 Å². The van der Waals surface area contributed by atoms with Gasteiger partial charge in [0.15, 0.2) is 5.69 Å². The summed E-state index contributed by atoms with van der Waals surface area (Å²) in [6.07, 6.45) is 1.49. The summed E-state index contributed by atoms with van der Waals surface area (Å²) in [6, 6.07) is 0.176. The largest absolute Gasteiger partial charge is 0.461 e. The van der Waals surface area contributed by atoms with Gasteiger partial charge in [-0.1, -0.05) is 5.21 Å². The molecule has 0 aliphatic heterocycles. The fraction of sp³-hybridized carbons (Fsp3) is 0.583. The molecule has 0 aliphatic rings. The van der Waals surface area contributed by atoms with Crippen LogP contribution in [0.25, 0.3) is 0 Å². The van der Waals surface area contributed by atoms with E-state index in [9.17, 15) is 4.79 Å². The fourth-order valence-corrected chi connectivity index (χ4v) is 2.17. The van der Waals surface area contributed by atoms with Gasteiger partial charge in [-0.05, 0) is 20.8 Å². The molecule has 114 valence electrons. The minimum atomic E-state index is -0.523. The van der Waals surface area contributed by atoms with E-state index < -0.39 is 5.97 Å². The van der Waals surface area contributed by atoms with E-state index in [2.05, 4.69) is 20.4 Å². The first-order chi connectivity index (χ1) is 10.1. The Morgan fingerprint density at radius 2 is 2.24 bits per heavy atom. The van der Waals surface area contributed by atoms with E-state index >= 15 is 0 Å². The highest BCUT2D eigenvalue weighted by molar-refractivity contribution is 6.17. The number of rotatable bonds is 6. The molecule has 2 heterocycles. The van der Waals surface area contributed by atoms with Crippen molar-refractivity contribution in [2.75, 3.05) is 6.61 Å². The molecule has 9 heteroatoms. The second kappa shape index (κ2) is 6.66. The van der Waals surface area contributed by atoms with E-state index in [1.165, 1.54) is 6.33 Å². The Bertz CT molecular complexity index is 621. The molecular weight excluding hydrogens is 296 g/mol. The van der Waals surface area contributed by atoms with Crippen LogP contribution in [0, 0.1) is 0 Å². The van der Waals surface area contributed by atoms with Crippen molar-refractivity contribution in [2.24, 2.45) is 0 Å². The molecule has 2 rings (SSSR count). The maximum Gasteiger partial charge on any atom is 0.360 e. The summed E-state index contributed by atoms with van der Waals surface area (Å²) in [5.41, 5.74) is 0.649. The van der Waals surface area contributed by atoms with Crippen molar-refractivity contribution in [3.8, 4) is 0 Å². The number of aromatic nitrogens is 6. The zero-order valence-corrected chi connectivity index (χ0v) is 12.9. The Balaban J connectivity index is 2.28. The van der Waals surface area contributed by atoms with Gasteiger partial charge in [0, 0.05) is 6.04 Å². The summed E-state index contributed by atoms with van der Waals surface area (Å²) in [5, 5.41) is 12.0. The van der Waals surface area contributed by atoms with Gasteiger partial charge in [-0.3, -0.25) is 0 Å². The Hall–Kier alpha value is -1.96. The van der Waals surface area contributed by atoms with Crippen LogP contribution in [-0.2, 0) is 17.2 Å². The molecule has 0 aromatic carbocycles. The summed E-state index contributed by atoms with van der Waals surface area (Å²) in [7, 11) is 0. The van der Waals surface area contributed by atoms with Crippen LogP contribution in [0.15, 0.2) is 6.33 Å². The van der Waals surface area contributed by atoms with E-state index in [1.807, 2.05) is 13.8 Å². The highest BCUT2D eigenvalue weighted by atomic mass is 35.5. The molecule has 21 heavy (non-hydrogen) atoms. The standard InChI is InChI=1S/C12H17ClN6O2/c1-4-21-12(20)11-9(5-13)18(17-16-11)6-10-14-7-15-19(10)8(2)3/h7-8H,4-6H2,1-3H3. The summed E-state index contributed by atoms with van der Waals surface area (Å²) >= 11 is 5.91. The highest BCUT2D eigenvalue weighted by Crippen LogP contribution is 2.13. The smallest absolute Gasteiger partial charge is 0.360 e. The van der Waals surface area contributed by atoms with Gasteiger partial charge < -0.3 is 4.74 Å². The molecule has 0 saturated carbocycles. The topological polar surface area (TPSA) is 87.7 Å². The zero-order chi connectivity index (χ0) is 15.4. The second-order valence-corrected chi connectivity index (χ2v) is 4.88. The number of halogens is 1.